The molecule has 4 rings (SSSR count). The standard InChI is InChI=1S/C24H21Cl2NO2S/c1-28-23-13-18(24(30)27-11-10-17-4-2-3-5-19(17)14-27)7-9-22(23)29-15-16-6-8-20(25)21(26)12-16/h2-9,12-13H,10-11,14-15H2,1H3. The predicted octanol–water partition coefficient (Wildman–Crippen LogP) is 6.31. The molecule has 0 fully saturated rings. The van der Waals surface area contributed by atoms with Crippen molar-refractivity contribution in [1.29, 1.82) is 0 Å². The molecule has 0 aromatic heterocycles. The topological polar surface area (TPSA) is 21.7 Å². The van der Waals surface area contributed by atoms with E-state index in [0.717, 1.165) is 35.6 Å². The van der Waals surface area contributed by atoms with Gasteiger partial charge in [-0.05, 0) is 53.4 Å². The molecule has 0 aliphatic carbocycles. The van der Waals surface area contributed by atoms with Crippen molar-refractivity contribution in [2.24, 2.45) is 0 Å². The molecule has 0 N–H and O–H groups in total. The van der Waals surface area contributed by atoms with Crippen molar-refractivity contribution in [3.05, 3.63) is 93.0 Å². The molecule has 3 aromatic rings. The molecular formula is C24H21Cl2NO2S. The Morgan fingerprint density at radius 1 is 0.967 bits per heavy atom. The zero-order chi connectivity index (χ0) is 21.1. The number of fused-ring (bicyclic) bond motifs is 1. The normalized spacial score (nSPS) is 13.0. The summed E-state index contributed by atoms with van der Waals surface area (Å²) in [6, 6.07) is 19.8. The Hall–Kier alpha value is -2.27. The molecular weight excluding hydrogens is 437 g/mol. The van der Waals surface area contributed by atoms with Gasteiger partial charge in [-0.2, -0.15) is 0 Å². The van der Waals surface area contributed by atoms with Gasteiger partial charge in [0.15, 0.2) is 11.5 Å². The molecule has 1 aliphatic heterocycles. The Kier molecular flexibility index (Phi) is 6.47. The van der Waals surface area contributed by atoms with Gasteiger partial charge >= 0.3 is 0 Å². The maximum atomic E-state index is 6.08. The molecule has 6 heteroatoms. The second kappa shape index (κ2) is 9.25. The minimum atomic E-state index is 0.361. The maximum absolute atomic E-state index is 6.08. The first kappa shape index (κ1) is 21.0. The number of hydrogen-bond donors (Lipinski definition) is 0. The summed E-state index contributed by atoms with van der Waals surface area (Å²) in [6.07, 6.45) is 0.998. The molecule has 0 unspecified atom stereocenters. The van der Waals surface area contributed by atoms with Crippen LogP contribution in [-0.2, 0) is 19.6 Å². The summed E-state index contributed by atoms with van der Waals surface area (Å²) < 4.78 is 11.5. The third-order valence-electron chi connectivity index (χ3n) is 5.21. The molecule has 154 valence electrons. The zero-order valence-electron chi connectivity index (χ0n) is 16.5. The van der Waals surface area contributed by atoms with Gasteiger partial charge in [0.05, 0.1) is 17.2 Å². The van der Waals surface area contributed by atoms with Crippen molar-refractivity contribution in [1.82, 2.24) is 4.90 Å². The summed E-state index contributed by atoms with van der Waals surface area (Å²) in [5.74, 6) is 1.30. The van der Waals surface area contributed by atoms with E-state index in [-0.39, 0.29) is 0 Å². The second-order valence-corrected chi connectivity index (χ2v) is 8.35. The van der Waals surface area contributed by atoms with Crippen molar-refractivity contribution < 1.29 is 9.47 Å². The highest BCUT2D eigenvalue weighted by Gasteiger charge is 2.20. The fourth-order valence-corrected chi connectivity index (χ4v) is 4.17. The molecule has 0 radical (unpaired) electrons. The van der Waals surface area contributed by atoms with E-state index < -0.39 is 0 Å². The second-order valence-electron chi connectivity index (χ2n) is 7.15. The van der Waals surface area contributed by atoms with Crippen LogP contribution in [0.15, 0.2) is 60.7 Å². The van der Waals surface area contributed by atoms with Gasteiger partial charge in [-0.1, -0.05) is 65.8 Å². The Balaban J connectivity index is 1.48. The number of methoxy groups -OCH3 is 1. The van der Waals surface area contributed by atoms with Gasteiger partial charge in [-0.15, -0.1) is 0 Å². The first-order valence-corrected chi connectivity index (χ1v) is 10.8. The molecule has 1 heterocycles. The van der Waals surface area contributed by atoms with Gasteiger partial charge in [-0.25, -0.2) is 0 Å². The quantitative estimate of drug-likeness (QED) is 0.418. The predicted molar refractivity (Wildman–Crippen MR) is 126 cm³/mol. The SMILES string of the molecule is COc1cc(C(=S)N2CCc3ccccc3C2)ccc1OCc1ccc(Cl)c(Cl)c1. The lowest BCUT2D eigenvalue weighted by atomic mass is 9.99. The van der Waals surface area contributed by atoms with Crippen LogP contribution in [0.4, 0.5) is 0 Å². The van der Waals surface area contributed by atoms with Crippen LogP contribution in [0.5, 0.6) is 11.5 Å². The highest BCUT2D eigenvalue weighted by molar-refractivity contribution is 7.80. The monoisotopic (exact) mass is 457 g/mol. The van der Waals surface area contributed by atoms with E-state index >= 15 is 0 Å². The summed E-state index contributed by atoms with van der Waals surface area (Å²) in [5, 5.41) is 1.03. The number of benzene rings is 3. The first-order chi connectivity index (χ1) is 14.5. The third-order valence-corrected chi connectivity index (χ3v) is 6.44. The fraction of sp³-hybridized carbons (Fsp3) is 0.208. The largest absolute Gasteiger partial charge is 0.493 e. The van der Waals surface area contributed by atoms with E-state index in [2.05, 4.69) is 29.2 Å². The van der Waals surface area contributed by atoms with Crippen LogP contribution in [0.3, 0.4) is 0 Å². The molecule has 30 heavy (non-hydrogen) atoms. The van der Waals surface area contributed by atoms with Crippen molar-refractivity contribution in [3.63, 3.8) is 0 Å². The van der Waals surface area contributed by atoms with Gasteiger partial charge in [0.1, 0.15) is 11.6 Å². The summed E-state index contributed by atoms with van der Waals surface area (Å²) in [5.41, 5.74) is 4.61. The molecule has 0 saturated heterocycles. The average molecular weight is 458 g/mol. The average Bonchev–Trinajstić information content (AvgIpc) is 2.79. The van der Waals surface area contributed by atoms with Crippen LogP contribution in [0, 0.1) is 0 Å². The van der Waals surface area contributed by atoms with E-state index in [1.165, 1.54) is 11.1 Å². The van der Waals surface area contributed by atoms with Crippen molar-refractivity contribution in [2.45, 2.75) is 19.6 Å². The lowest BCUT2D eigenvalue weighted by Crippen LogP contribution is -2.35. The summed E-state index contributed by atoms with van der Waals surface area (Å²) in [7, 11) is 1.63. The Bertz CT molecular complexity index is 1090. The van der Waals surface area contributed by atoms with E-state index in [4.69, 9.17) is 44.9 Å². The first-order valence-electron chi connectivity index (χ1n) is 9.66. The highest BCUT2D eigenvalue weighted by Crippen LogP contribution is 2.31. The third kappa shape index (κ3) is 4.56. The van der Waals surface area contributed by atoms with Gasteiger partial charge in [0.25, 0.3) is 0 Å². The molecule has 1 aliphatic rings. The zero-order valence-corrected chi connectivity index (χ0v) is 18.9. The maximum Gasteiger partial charge on any atom is 0.161 e. The number of rotatable bonds is 5. The van der Waals surface area contributed by atoms with E-state index in [1.807, 2.05) is 24.3 Å². The van der Waals surface area contributed by atoms with E-state index in [0.29, 0.717) is 28.2 Å². The lowest BCUT2D eigenvalue weighted by Gasteiger charge is -2.31. The Labute approximate surface area is 192 Å². The number of hydrogen-bond acceptors (Lipinski definition) is 3. The highest BCUT2D eigenvalue weighted by atomic mass is 35.5. The summed E-state index contributed by atoms with van der Waals surface area (Å²) in [4.78, 5) is 3.06. The number of nitrogens with zero attached hydrogens (tertiary/aromatic N) is 1. The Morgan fingerprint density at radius 2 is 1.77 bits per heavy atom. The van der Waals surface area contributed by atoms with E-state index in [1.54, 1.807) is 19.2 Å². The van der Waals surface area contributed by atoms with Crippen LogP contribution in [-0.4, -0.2) is 23.5 Å². The molecule has 0 bridgehead atoms. The fourth-order valence-electron chi connectivity index (χ4n) is 3.56. The molecule has 0 saturated carbocycles. The van der Waals surface area contributed by atoms with Crippen molar-refractivity contribution in [3.8, 4) is 11.5 Å². The molecule has 0 spiro atoms. The molecule has 3 aromatic carbocycles. The molecule has 0 atom stereocenters. The van der Waals surface area contributed by atoms with Crippen LogP contribution in [0.25, 0.3) is 0 Å². The molecule has 0 amide bonds. The summed E-state index contributed by atoms with van der Waals surface area (Å²) in [6.45, 7) is 2.10. The van der Waals surface area contributed by atoms with Gasteiger partial charge < -0.3 is 14.4 Å². The van der Waals surface area contributed by atoms with Gasteiger partial charge in [-0.3, -0.25) is 0 Å². The van der Waals surface area contributed by atoms with Gasteiger partial charge in [0.2, 0.25) is 0 Å². The van der Waals surface area contributed by atoms with Crippen LogP contribution in [0.2, 0.25) is 10.0 Å². The van der Waals surface area contributed by atoms with Crippen LogP contribution < -0.4 is 9.47 Å². The molecule has 3 nitrogen and oxygen atoms in total. The van der Waals surface area contributed by atoms with Crippen LogP contribution in [0.1, 0.15) is 22.3 Å². The van der Waals surface area contributed by atoms with Crippen LogP contribution >= 0.6 is 35.4 Å². The minimum Gasteiger partial charge on any atom is -0.493 e. The summed E-state index contributed by atoms with van der Waals surface area (Å²) >= 11 is 17.9. The van der Waals surface area contributed by atoms with Crippen molar-refractivity contribution >= 4 is 40.4 Å². The smallest absolute Gasteiger partial charge is 0.161 e. The van der Waals surface area contributed by atoms with Crippen molar-refractivity contribution in [2.75, 3.05) is 13.7 Å². The number of halogens is 2. The van der Waals surface area contributed by atoms with E-state index in [9.17, 15) is 0 Å². The number of thiocarbonyl (C=S) groups is 1. The minimum absolute atomic E-state index is 0.361. The van der Waals surface area contributed by atoms with Gasteiger partial charge in [0, 0.05) is 18.7 Å². The number of ether oxygens (including phenoxy) is 2. The Morgan fingerprint density at radius 3 is 2.53 bits per heavy atom. The lowest BCUT2D eigenvalue weighted by molar-refractivity contribution is 0.284.